The van der Waals surface area contributed by atoms with Gasteiger partial charge in [-0.3, -0.25) is 9.78 Å². The normalized spacial score (nSPS) is 14.6. The molecule has 6 nitrogen and oxygen atoms in total. The predicted molar refractivity (Wildman–Crippen MR) is 153 cm³/mol. The van der Waals surface area contributed by atoms with Gasteiger partial charge in [-0.2, -0.15) is 0 Å². The molecule has 6 rings (SSSR count). The molecule has 5 aromatic rings. The van der Waals surface area contributed by atoms with Crippen molar-refractivity contribution in [1.82, 2.24) is 24.3 Å². The largest absolute Gasteiger partial charge is 0.309 e. The van der Waals surface area contributed by atoms with Crippen molar-refractivity contribution in [2.24, 2.45) is 0 Å². The molecule has 4 heterocycles. The lowest BCUT2D eigenvalue weighted by atomic mass is 10.0. The first-order valence-corrected chi connectivity index (χ1v) is 12.8. The Bertz CT molecular complexity index is 1760. The van der Waals surface area contributed by atoms with Crippen LogP contribution in [-0.4, -0.2) is 24.5 Å². The molecular weight excluding hydrogens is 470 g/mol. The Kier molecular flexibility index (Phi) is 6.10. The number of pyridine rings is 3. The average Bonchev–Trinajstić information content (AvgIpc) is 3.63. The highest BCUT2D eigenvalue weighted by Gasteiger charge is 2.44. The van der Waals surface area contributed by atoms with Gasteiger partial charge in [-0.15, -0.1) is 0 Å². The Balaban J connectivity index is 1.24. The lowest BCUT2D eigenvalue weighted by molar-refractivity contribution is 0.568. The van der Waals surface area contributed by atoms with E-state index in [9.17, 15) is 4.79 Å². The molecule has 1 saturated carbocycles. The van der Waals surface area contributed by atoms with E-state index in [2.05, 4.69) is 35.7 Å². The van der Waals surface area contributed by atoms with Crippen molar-refractivity contribution in [1.29, 1.82) is 0 Å². The molecule has 0 radical (unpaired) electrons. The van der Waals surface area contributed by atoms with Crippen molar-refractivity contribution < 1.29 is 0 Å². The molecule has 0 saturated heterocycles. The number of nitrogens with one attached hydrogen (secondary N) is 1. The van der Waals surface area contributed by atoms with Crippen LogP contribution in [0.3, 0.4) is 0 Å². The fraction of sp³-hybridized carbons (Fsp3) is 0.156. The number of fused-ring (bicyclic) bond motifs is 2. The van der Waals surface area contributed by atoms with E-state index in [-0.39, 0.29) is 11.1 Å². The molecule has 0 spiro atoms. The van der Waals surface area contributed by atoms with Gasteiger partial charge in [0.1, 0.15) is 5.65 Å². The standard InChI is InChI=1S/C32H29N5O/c1-3-8-25(4-2)32(14-15-32)34-17-23-11-12-30-35-26(22-37(30)20-23)21-36-16-13-27-28(24-9-6-5-7-10-24)18-33-19-29(27)31(36)38/h3-13,16,18-20,22,34H,1-2,14-15,17,21H2/b25-8+. The summed E-state index contributed by atoms with van der Waals surface area (Å²) in [5.74, 6) is 0. The zero-order chi connectivity index (χ0) is 26.1. The molecule has 6 heteroatoms. The smallest absolute Gasteiger partial charge is 0.260 e. The van der Waals surface area contributed by atoms with Gasteiger partial charge in [-0.05, 0) is 47.1 Å². The maximum Gasteiger partial charge on any atom is 0.260 e. The summed E-state index contributed by atoms with van der Waals surface area (Å²) in [4.78, 5) is 22.5. The molecule has 0 amide bonds. The Morgan fingerprint density at radius 1 is 1.03 bits per heavy atom. The van der Waals surface area contributed by atoms with Crippen LogP contribution in [0.25, 0.3) is 27.5 Å². The average molecular weight is 500 g/mol. The highest BCUT2D eigenvalue weighted by atomic mass is 16.1. The first-order chi connectivity index (χ1) is 18.6. The van der Waals surface area contributed by atoms with E-state index in [1.54, 1.807) is 10.8 Å². The Morgan fingerprint density at radius 2 is 1.87 bits per heavy atom. The monoisotopic (exact) mass is 499 g/mol. The van der Waals surface area contributed by atoms with Gasteiger partial charge in [-0.1, -0.05) is 67.8 Å². The van der Waals surface area contributed by atoms with Gasteiger partial charge in [0.05, 0.1) is 17.6 Å². The quantitative estimate of drug-likeness (QED) is 0.265. The molecule has 188 valence electrons. The minimum Gasteiger partial charge on any atom is -0.309 e. The lowest BCUT2D eigenvalue weighted by Gasteiger charge is -2.19. The van der Waals surface area contributed by atoms with Crippen LogP contribution < -0.4 is 10.9 Å². The molecule has 4 aromatic heterocycles. The second kappa shape index (κ2) is 9.72. The molecule has 1 aliphatic carbocycles. The van der Waals surface area contributed by atoms with E-state index in [4.69, 9.17) is 4.98 Å². The van der Waals surface area contributed by atoms with Crippen LogP contribution in [0, 0.1) is 0 Å². The minimum atomic E-state index is -0.0740. The lowest BCUT2D eigenvalue weighted by Crippen LogP contribution is -2.32. The van der Waals surface area contributed by atoms with Gasteiger partial charge in [-0.25, -0.2) is 4.98 Å². The van der Waals surface area contributed by atoms with E-state index in [0.717, 1.165) is 52.8 Å². The van der Waals surface area contributed by atoms with E-state index in [0.29, 0.717) is 11.9 Å². The van der Waals surface area contributed by atoms with E-state index < -0.39 is 0 Å². The maximum atomic E-state index is 13.4. The highest BCUT2D eigenvalue weighted by molar-refractivity contribution is 5.95. The molecule has 1 aromatic carbocycles. The third-order valence-electron chi connectivity index (χ3n) is 7.33. The van der Waals surface area contributed by atoms with Crippen molar-refractivity contribution in [3.63, 3.8) is 0 Å². The third kappa shape index (κ3) is 4.40. The van der Waals surface area contributed by atoms with Crippen LogP contribution >= 0.6 is 0 Å². The number of hydrogen-bond donors (Lipinski definition) is 1. The number of rotatable bonds is 9. The third-order valence-corrected chi connectivity index (χ3v) is 7.33. The molecule has 0 atom stereocenters. The van der Waals surface area contributed by atoms with Crippen molar-refractivity contribution >= 4 is 16.4 Å². The zero-order valence-electron chi connectivity index (χ0n) is 21.2. The summed E-state index contributed by atoms with van der Waals surface area (Å²) >= 11 is 0. The van der Waals surface area contributed by atoms with Crippen molar-refractivity contribution in [2.45, 2.75) is 31.5 Å². The highest BCUT2D eigenvalue weighted by Crippen LogP contribution is 2.43. The van der Waals surface area contributed by atoms with Crippen LogP contribution in [0.15, 0.2) is 121 Å². The Hall–Kier alpha value is -4.55. The van der Waals surface area contributed by atoms with Crippen LogP contribution in [0.2, 0.25) is 0 Å². The van der Waals surface area contributed by atoms with E-state index >= 15 is 0 Å². The number of allylic oxidation sites excluding steroid dienone is 2. The predicted octanol–water partition coefficient (Wildman–Crippen LogP) is 5.68. The number of benzene rings is 1. The molecule has 0 aliphatic heterocycles. The Morgan fingerprint density at radius 3 is 2.63 bits per heavy atom. The van der Waals surface area contributed by atoms with Crippen molar-refractivity contribution in [3.8, 4) is 11.1 Å². The first kappa shape index (κ1) is 23.8. The molecule has 0 unspecified atom stereocenters. The summed E-state index contributed by atoms with van der Waals surface area (Å²) in [6.07, 6.45) is 17.4. The van der Waals surface area contributed by atoms with Gasteiger partial charge in [0, 0.05) is 48.6 Å². The first-order valence-electron chi connectivity index (χ1n) is 12.8. The Labute approximate surface area is 221 Å². The SMILES string of the molecule is C=C/C=C(\C=C)C1(NCc2ccc3nc(Cn4ccc5c(-c6ccccc6)cncc5c4=O)cn3c2)CC1. The number of aromatic nitrogens is 4. The maximum absolute atomic E-state index is 13.4. The van der Waals surface area contributed by atoms with Crippen molar-refractivity contribution in [3.05, 3.63) is 138 Å². The van der Waals surface area contributed by atoms with Gasteiger partial charge >= 0.3 is 0 Å². The fourth-order valence-electron chi connectivity index (χ4n) is 5.14. The molecule has 38 heavy (non-hydrogen) atoms. The van der Waals surface area contributed by atoms with Gasteiger partial charge in [0.2, 0.25) is 0 Å². The fourth-order valence-corrected chi connectivity index (χ4v) is 5.14. The second-order valence-electron chi connectivity index (χ2n) is 9.80. The van der Waals surface area contributed by atoms with Gasteiger partial charge in [0.15, 0.2) is 0 Å². The van der Waals surface area contributed by atoms with Crippen molar-refractivity contribution in [2.75, 3.05) is 0 Å². The molecule has 1 fully saturated rings. The number of nitrogens with zero attached hydrogens (tertiary/aromatic N) is 4. The van der Waals surface area contributed by atoms with E-state index in [1.807, 2.05) is 83.7 Å². The second-order valence-corrected chi connectivity index (χ2v) is 9.80. The topological polar surface area (TPSA) is 64.2 Å². The summed E-state index contributed by atoms with van der Waals surface area (Å²) < 4.78 is 3.73. The van der Waals surface area contributed by atoms with Crippen LogP contribution in [0.1, 0.15) is 24.1 Å². The summed E-state index contributed by atoms with van der Waals surface area (Å²) in [6, 6.07) is 16.1. The van der Waals surface area contributed by atoms with Crippen LogP contribution in [0.4, 0.5) is 0 Å². The molecular formula is C32H29N5O. The minimum absolute atomic E-state index is 0.00250. The number of imidazole rings is 1. The van der Waals surface area contributed by atoms with E-state index in [1.165, 1.54) is 5.57 Å². The summed E-state index contributed by atoms with van der Waals surface area (Å²) in [7, 11) is 0. The number of hydrogen-bond acceptors (Lipinski definition) is 4. The summed E-state index contributed by atoms with van der Waals surface area (Å²) in [6.45, 7) is 8.92. The molecule has 1 N–H and O–H groups in total. The summed E-state index contributed by atoms with van der Waals surface area (Å²) in [5, 5.41) is 5.20. The van der Waals surface area contributed by atoms with Crippen LogP contribution in [-0.2, 0) is 13.1 Å². The molecule has 1 aliphatic rings. The van der Waals surface area contributed by atoms with Gasteiger partial charge < -0.3 is 14.3 Å². The molecule has 0 bridgehead atoms. The zero-order valence-corrected chi connectivity index (χ0v) is 21.2. The van der Waals surface area contributed by atoms with Gasteiger partial charge in [0.25, 0.3) is 5.56 Å². The summed E-state index contributed by atoms with van der Waals surface area (Å²) in [5.41, 5.74) is 5.94. The van der Waals surface area contributed by atoms with Crippen LogP contribution in [0.5, 0.6) is 0 Å².